The Morgan fingerprint density at radius 2 is 2.05 bits per heavy atom. The molecule has 2 amide bonds. The van der Waals surface area contributed by atoms with Gasteiger partial charge < -0.3 is 5.32 Å². The molecule has 0 spiro atoms. The van der Waals surface area contributed by atoms with Gasteiger partial charge in [0.15, 0.2) is 0 Å². The first-order valence-electron chi connectivity index (χ1n) is 6.79. The van der Waals surface area contributed by atoms with Crippen molar-refractivity contribution in [3.63, 3.8) is 0 Å². The molecule has 1 unspecified atom stereocenters. The number of aryl methyl sites for hydroxylation is 2. The highest BCUT2D eigenvalue weighted by Crippen LogP contribution is 2.23. The number of nitrogens with one attached hydrogen (secondary N) is 1. The summed E-state index contributed by atoms with van der Waals surface area (Å²) in [6.45, 7) is 0.644. The minimum atomic E-state index is -0.356. The number of likely N-dealkylation sites (N-methyl/N-ethyl adjacent to an activating group) is 1. The number of amides is 2. The lowest BCUT2D eigenvalue weighted by atomic mass is 10.1. The maximum absolute atomic E-state index is 11.8. The molecule has 4 nitrogen and oxygen atoms in total. The minimum absolute atomic E-state index is 0.101. The molecule has 19 heavy (non-hydrogen) atoms. The largest absolute Gasteiger partial charge is 0.301 e. The molecule has 1 N–H and O–H groups in total. The number of benzene rings is 1. The van der Waals surface area contributed by atoms with Gasteiger partial charge in [0, 0.05) is 13.6 Å². The van der Waals surface area contributed by atoms with Crippen molar-refractivity contribution in [1.29, 1.82) is 0 Å². The smallest absolute Gasteiger partial charge is 0.246 e. The van der Waals surface area contributed by atoms with Crippen LogP contribution in [0.15, 0.2) is 18.2 Å². The topological polar surface area (TPSA) is 49.4 Å². The van der Waals surface area contributed by atoms with Crippen LogP contribution in [0.3, 0.4) is 0 Å². The number of carbonyl (C=O) groups excluding carboxylic acids is 2. The fraction of sp³-hybridized carbons (Fsp3) is 0.467. The van der Waals surface area contributed by atoms with Gasteiger partial charge in [0.1, 0.15) is 0 Å². The molecule has 1 fully saturated rings. The Kier molecular flexibility index (Phi) is 3.11. The van der Waals surface area contributed by atoms with Gasteiger partial charge in [-0.15, -0.1) is 0 Å². The Labute approximate surface area is 112 Å². The van der Waals surface area contributed by atoms with Crippen molar-refractivity contribution in [3.05, 3.63) is 34.9 Å². The van der Waals surface area contributed by atoms with E-state index in [9.17, 15) is 9.59 Å². The minimum Gasteiger partial charge on any atom is -0.301 e. The standard InChI is InChI=1S/C15H18N2O2/c1-17-14(18)8-13(15(17)19)16-9-10-5-6-11-3-2-4-12(11)7-10/h5-7,13,16H,2-4,8-9H2,1H3. The van der Waals surface area contributed by atoms with Crippen LogP contribution in [0.5, 0.6) is 0 Å². The highest BCUT2D eigenvalue weighted by Gasteiger charge is 2.35. The van der Waals surface area contributed by atoms with Gasteiger partial charge in [-0.3, -0.25) is 14.5 Å². The fourth-order valence-corrected chi connectivity index (χ4v) is 2.89. The van der Waals surface area contributed by atoms with Crippen molar-refractivity contribution in [3.8, 4) is 0 Å². The van der Waals surface area contributed by atoms with Crippen molar-refractivity contribution in [2.24, 2.45) is 0 Å². The third-order valence-electron chi connectivity index (χ3n) is 4.10. The maximum Gasteiger partial charge on any atom is 0.246 e. The number of rotatable bonds is 3. The van der Waals surface area contributed by atoms with Crippen molar-refractivity contribution in [2.75, 3.05) is 7.05 Å². The quantitative estimate of drug-likeness (QED) is 0.824. The molecule has 0 aromatic heterocycles. The molecule has 1 atom stereocenters. The lowest BCUT2D eigenvalue weighted by molar-refractivity contribution is -0.137. The first-order chi connectivity index (χ1) is 9.15. The summed E-state index contributed by atoms with van der Waals surface area (Å²) in [7, 11) is 1.54. The van der Waals surface area contributed by atoms with Gasteiger partial charge in [-0.1, -0.05) is 18.2 Å². The van der Waals surface area contributed by atoms with Crippen molar-refractivity contribution < 1.29 is 9.59 Å². The lowest BCUT2D eigenvalue weighted by Gasteiger charge is -2.11. The number of nitrogens with zero attached hydrogens (tertiary/aromatic N) is 1. The zero-order valence-electron chi connectivity index (χ0n) is 11.1. The summed E-state index contributed by atoms with van der Waals surface area (Å²) >= 11 is 0. The molecule has 1 aromatic carbocycles. The summed E-state index contributed by atoms with van der Waals surface area (Å²) in [5.74, 6) is -0.220. The van der Waals surface area contributed by atoms with Crippen LogP contribution in [0, 0.1) is 0 Å². The molecular formula is C15H18N2O2. The summed E-state index contributed by atoms with van der Waals surface area (Å²) in [4.78, 5) is 24.4. The normalized spacial score (nSPS) is 22.2. The van der Waals surface area contributed by atoms with Gasteiger partial charge in [-0.05, 0) is 36.0 Å². The summed E-state index contributed by atoms with van der Waals surface area (Å²) in [5.41, 5.74) is 4.08. The van der Waals surface area contributed by atoms with Crippen molar-refractivity contribution in [2.45, 2.75) is 38.3 Å². The molecule has 4 heteroatoms. The number of imide groups is 1. The number of hydrogen-bond acceptors (Lipinski definition) is 3. The molecule has 0 bridgehead atoms. The Hall–Kier alpha value is -1.68. The van der Waals surface area contributed by atoms with E-state index in [2.05, 4.69) is 23.5 Å². The molecule has 1 saturated heterocycles. The second kappa shape index (κ2) is 4.78. The van der Waals surface area contributed by atoms with Gasteiger partial charge in [0.05, 0.1) is 12.5 Å². The molecule has 1 heterocycles. The second-order valence-electron chi connectivity index (χ2n) is 5.39. The molecule has 2 aliphatic rings. The van der Waals surface area contributed by atoms with Crippen molar-refractivity contribution >= 4 is 11.8 Å². The molecule has 3 rings (SSSR count). The molecule has 100 valence electrons. The van der Waals surface area contributed by atoms with E-state index in [-0.39, 0.29) is 24.3 Å². The van der Waals surface area contributed by atoms with Crippen LogP contribution < -0.4 is 5.32 Å². The van der Waals surface area contributed by atoms with E-state index in [4.69, 9.17) is 0 Å². The van der Waals surface area contributed by atoms with E-state index in [1.807, 2.05) is 0 Å². The first kappa shape index (κ1) is 12.4. The van der Waals surface area contributed by atoms with E-state index < -0.39 is 0 Å². The van der Waals surface area contributed by atoms with Gasteiger partial charge in [-0.25, -0.2) is 0 Å². The zero-order chi connectivity index (χ0) is 13.4. The number of hydrogen-bond donors (Lipinski definition) is 1. The predicted octanol–water partition coefficient (Wildman–Crippen LogP) is 1.02. The third kappa shape index (κ3) is 2.28. The van der Waals surface area contributed by atoms with E-state index in [0.29, 0.717) is 6.54 Å². The summed E-state index contributed by atoms with van der Waals surface area (Å²) in [5, 5.41) is 3.19. The number of fused-ring (bicyclic) bond motifs is 1. The van der Waals surface area contributed by atoms with Gasteiger partial charge >= 0.3 is 0 Å². The average molecular weight is 258 g/mol. The number of carbonyl (C=O) groups is 2. The lowest BCUT2D eigenvalue weighted by Crippen LogP contribution is -2.36. The Morgan fingerprint density at radius 1 is 1.26 bits per heavy atom. The summed E-state index contributed by atoms with van der Waals surface area (Å²) in [6.07, 6.45) is 3.86. The predicted molar refractivity (Wildman–Crippen MR) is 71.5 cm³/mol. The molecule has 0 saturated carbocycles. The molecular weight excluding hydrogens is 240 g/mol. The monoisotopic (exact) mass is 258 g/mol. The Morgan fingerprint density at radius 3 is 2.79 bits per heavy atom. The Bertz CT molecular complexity index is 539. The van der Waals surface area contributed by atoms with Crippen LogP contribution in [0.4, 0.5) is 0 Å². The van der Waals surface area contributed by atoms with Crippen LogP contribution in [-0.4, -0.2) is 29.8 Å². The van der Waals surface area contributed by atoms with Gasteiger partial charge in [0.25, 0.3) is 0 Å². The van der Waals surface area contributed by atoms with Crippen molar-refractivity contribution in [1.82, 2.24) is 10.2 Å². The second-order valence-corrected chi connectivity index (χ2v) is 5.39. The van der Waals surface area contributed by atoms with Crippen LogP contribution in [0.2, 0.25) is 0 Å². The van der Waals surface area contributed by atoms with Crippen LogP contribution in [0.25, 0.3) is 0 Å². The molecule has 1 aromatic rings. The number of likely N-dealkylation sites (tertiary alicyclic amines) is 1. The molecule has 1 aliphatic carbocycles. The van der Waals surface area contributed by atoms with Crippen LogP contribution >= 0.6 is 0 Å². The average Bonchev–Trinajstić information content (AvgIpc) is 2.96. The first-order valence-corrected chi connectivity index (χ1v) is 6.79. The zero-order valence-corrected chi connectivity index (χ0v) is 11.1. The van der Waals surface area contributed by atoms with E-state index >= 15 is 0 Å². The Balaban J connectivity index is 1.64. The van der Waals surface area contributed by atoms with E-state index in [1.165, 1.54) is 34.4 Å². The van der Waals surface area contributed by atoms with Gasteiger partial charge in [0.2, 0.25) is 11.8 Å². The molecule has 1 aliphatic heterocycles. The fourth-order valence-electron chi connectivity index (χ4n) is 2.89. The third-order valence-corrected chi connectivity index (χ3v) is 4.10. The highest BCUT2D eigenvalue weighted by molar-refractivity contribution is 6.05. The van der Waals surface area contributed by atoms with E-state index in [0.717, 1.165) is 6.42 Å². The summed E-state index contributed by atoms with van der Waals surface area (Å²) in [6, 6.07) is 6.17. The molecule has 0 radical (unpaired) electrons. The summed E-state index contributed by atoms with van der Waals surface area (Å²) < 4.78 is 0. The highest BCUT2D eigenvalue weighted by atomic mass is 16.2. The van der Waals surface area contributed by atoms with Crippen LogP contribution in [-0.2, 0) is 29.0 Å². The maximum atomic E-state index is 11.8. The van der Waals surface area contributed by atoms with Crippen LogP contribution in [0.1, 0.15) is 29.5 Å². The SMILES string of the molecule is CN1C(=O)CC(NCc2ccc3c(c2)CCC3)C1=O. The van der Waals surface area contributed by atoms with E-state index in [1.54, 1.807) is 7.05 Å². The van der Waals surface area contributed by atoms with Gasteiger partial charge in [-0.2, -0.15) is 0 Å².